The van der Waals surface area contributed by atoms with E-state index in [-0.39, 0.29) is 5.91 Å². The molecule has 0 atom stereocenters. The van der Waals surface area contributed by atoms with Crippen molar-refractivity contribution in [3.8, 4) is 0 Å². The number of nitrogens with one attached hydrogen (secondary N) is 1. The summed E-state index contributed by atoms with van der Waals surface area (Å²) in [5, 5.41) is 2.75. The summed E-state index contributed by atoms with van der Waals surface area (Å²) in [4.78, 5) is 11.1. The number of amides is 1. The van der Waals surface area contributed by atoms with Crippen molar-refractivity contribution in [1.82, 2.24) is 0 Å². The van der Waals surface area contributed by atoms with Gasteiger partial charge in [-0.15, -0.1) is 11.6 Å². The zero-order chi connectivity index (χ0) is 11.7. The largest absolute Gasteiger partial charge is 0.326 e. The minimum Gasteiger partial charge on any atom is -0.326 e. The number of aryl methyl sites for hydroxylation is 1. The number of benzene rings is 1. The molecule has 0 heterocycles. The van der Waals surface area contributed by atoms with Gasteiger partial charge in [0.15, 0.2) is 0 Å². The molecule has 0 unspecified atom stereocenters. The molecule has 0 aromatic heterocycles. The van der Waals surface area contributed by atoms with Crippen LogP contribution in [0.3, 0.4) is 0 Å². The molecule has 84 valence electrons. The molecule has 1 aromatic carbocycles. The lowest BCUT2D eigenvalue weighted by molar-refractivity contribution is -0.115. The van der Waals surface area contributed by atoms with Gasteiger partial charge in [-0.3, -0.25) is 4.79 Å². The molecule has 0 aliphatic heterocycles. The molecule has 0 bridgehead atoms. The lowest BCUT2D eigenvalue weighted by Gasteiger charge is -2.03. The van der Waals surface area contributed by atoms with Crippen LogP contribution >= 0.6 is 11.6 Å². The fourth-order valence-corrected chi connectivity index (χ4v) is 1.12. The highest BCUT2D eigenvalue weighted by atomic mass is 35.5. The van der Waals surface area contributed by atoms with Crippen LogP contribution < -0.4 is 5.32 Å². The molecule has 0 aliphatic carbocycles. The van der Waals surface area contributed by atoms with Gasteiger partial charge in [-0.25, -0.2) is 0 Å². The maximum atomic E-state index is 11.1. The molecule has 0 spiro atoms. The van der Waals surface area contributed by atoms with Gasteiger partial charge in [0.1, 0.15) is 0 Å². The van der Waals surface area contributed by atoms with Crippen molar-refractivity contribution in [2.75, 3.05) is 11.2 Å². The number of hydrogen-bond donors (Lipinski definition) is 1. The fourth-order valence-electron chi connectivity index (χ4n) is 0.946. The van der Waals surface area contributed by atoms with E-state index in [1.807, 2.05) is 45.0 Å². The smallest absolute Gasteiger partial charge is 0.225 e. The third kappa shape index (κ3) is 6.13. The third-order valence-electron chi connectivity index (χ3n) is 1.66. The van der Waals surface area contributed by atoms with Crippen molar-refractivity contribution in [3.63, 3.8) is 0 Å². The fraction of sp³-hybridized carbons (Fsp3) is 0.417. The van der Waals surface area contributed by atoms with Gasteiger partial charge < -0.3 is 5.32 Å². The Morgan fingerprint density at radius 3 is 2.27 bits per heavy atom. The molecular formula is C12H18ClNO. The minimum atomic E-state index is -0.0427. The molecule has 0 saturated carbocycles. The second kappa shape index (κ2) is 8.30. The van der Waals surface area contributed by atoms with E-state index in [0.717, 1.165) is 5.69 Å². The summed E-state index contributed by atoms with van der Waals surface area (Å²) in [5.41, 5.74) is 2.00. The Kier molecular flexibility index (Phi) is 7.74. The van der Waals surface area contributed by atoms with E-state index in [0.29, 0.717) is 12.3 Å². The highest BCUT2D eigenvalue weighted by Crippen LogP contribution is 2.08. The predicted molar refractivity (Wildman–Crippen MR) is 66.5 cm³/mol. The summed E-state index contributed by atoms with van der Waals surface area (Å²) in [7, 11) is 0. The van der Waals surface area contributed by atoms with E-state index in [2.05, 4.69) is 5.32 Å². The minimum absolute atomic E-state index is 0.0427. The number of halogens is 1. The molecule has 2 nitrogen and oxygen atoms in total. The Labute approximate surface area is 96.6 Å². The first kappa shape index (κ1) is 14.0. The molecule has 3 heteroatoms. The van der Waals surface area contributed by atoms with E-state index >= 15 is 0 Å². The highest BCUT2D eigenvalue weighted by Gasteiger charge is 1.99. The first-order valence-corrected chi connectivity index (χ1v) is 5.68. The second-order valence-electron chi connectivity index (χ2n) is 2.85. The molecule has 1 N–H and O–H groups in total. The molecule has 15 heavy (non-hydrogen) atoms. The topological polar surface area (TPSA) is 29.1 Å². The van der Waals surface area contributed by atoms with E-state index in [4.69, 9.17) is 11.6 Å². The van der Waals surface area contributed by atoms with Crippen LogP contribution in [0, 0.1) is 6.92 Å². The monoisotopic (exact) mass is 227 g/mol. The summed E-state index contributed by atoms with van der Waals surface area (Å²) in [6.45, 7) is 6.00. The van der Waals surface area contributed by atoms with Gasteiger partial charge >= 0.3 is 0 Å². The van der Waals surface area contributed by atoms with Crippen LogP contribution in [-0.2, 0) is 4.79 Å². The van der Waals surface area contributed by atoms with Gasteiger partial charge in [0.25, 0.3) is 0 Å². The van der Waals surface area contributed by atoms with E-state index in [1.165, 1.54) is 5.56 Å². The Bertz CT molecular complexity index is 282. The number of rotatable bonds is 3. The highest BCUT2D eigenvalue weighted by molar-refractivity contribution is 6.19. The van der Waals surface area contributed by atoms with Crippen LogP contribution in [0.2, 0.25) is 0 Å². The van der Waals surface area contributed by atoms with Crippen LogP contribution in [0.5, 0.6) is 0 Å². The van der Waals surface area contributed by atoms with Crippen LogP contribution in [0.25, 0.3) is 0 Å². The first-order chi connectivity index (χ1) is 7.22. The van der Waals surface area contributed by atoms with Gasteiger partial charge in [0.2, 0.25) is 5.91 Å². The van der Waals surface area contributed by atoms with Gasteiger partial charge in [-0.05, 0) is 19.1 Å². The summed E-state index contributed by atoms with van der Waals surface area (Å²) in [6, 6.07) is 7.66. The van der Waals surface area contributed by atoms with Crippen LogP contribution in [-0.4, -0.2) is 11.8 Å². The van der Waals surface area contributed by atoms with Gasteiger partial charge in [-0.1, -0.05) is 31.5 Å². The second-order valence-corrected chi connectivity index (χ2v) is 3.23. The lowest BCUT2D eigenvalue weighted by Crippen LogP contribution is -2.11. The van der Waals surface area contributed by atoms with Gasteiger partial charge in [0.05, 0.1) is 0 Å². The number of carbonyl (C=O) groups excluding carboxylic acids is 1. The molecule has 1 amide bonds. The van der Waals surface area contributed by atoms with Crippen molar-refractivity contribution < 1.29 is 4.79 Å². The molecule has 1 aromatic rings. The number of alkyl halides is 1. The summed E-state index contributed by atoms with van der Waals surface area (Å²) in [5.74, 6) is 0.316. The number of hydrogen-bond acceptors (Lipinski definition) is 1. The van der Waals surface area contributed by atoms with E-state index in [9.17, 15) is 4.79 Å². The standard InChI is InChI=1S/C10H12ClNO.C2H6/c1-8-2-4-9(5-3-8)12-10(13)6-7-11;1-2/h2-5H,6-7H2,1H3,(H,12,13);1-2H3. The predicted octanol–water partition coefficient (Wildman–Crippen LogP) is 3.59. The molecule has 0 radical (unpaired) electrons. The normalized spacial score (nSPS) is 8.80. The van der Waals surface area contributed by atoms with E-state index in [1.54, 1.807) is 0 Å². The average Bonchev–Trinajstić information content (AvgIpc) is 2.25. The summed E-state index contributed by atoms with van der Waals surface area (Å²) >= 11 is 5.43. The van der Waals surface area contributed by atoms with Crippen molar-refractivity contribution in [2.24, 2.45) is 0 Å². The molecular weight excluding hydrogens is 210 g/mol. The zero-order valence-corrected chi connectivity index (χ0v) is 10.3. The molecule has 0 saturated heterocycles. The van der Waals surface area contributed by atoms with Gasteiger partial charge in [-0.2, -0.15) is 0 Å². The quantitative estimate of drug-likeness (QED) is 0.786. The Hall–Kier alpha value is -1.02. The van der Waals surface area contributed by atoms with Crippen LogP contribution in [0.4, 0.5) is 5.69 Å². The van der Waals surface area contributed by atoms with Crippen molar-refractivity contribution in [2.45, 2.75) is 27.2 Å². The SMILES string of the molecule is CC.Cc1ccc(NC(=O)CCCl)cc1. The molecule has 0 fully saturated rings. The first-order valence-electron chi connectivity index (χ1n) is 5.15. The van der Waals surface area contributed by atoms with Crippen molar-refractivity contribution >= 4 is 23.2 Å². The Morgan fingerprint density at radius 2 is 1.80 bits per heavy atom. The third-order valence-corrected chi connectivity index (χ3v) is 1.85. The van der Waals surface area contributed by atoms with Gasteiger partial charge in [0, 0.05) is 18.0 Å². The van der Waals surface area contributed by atoms with Crippen LogP contribution in [0.1, 0.15) is 25.8 Å². The number of carbonyl (C=O) groups is 1. The maximum Gasteiger partial charge on any atom is 0.225 e. The van der Waals surface area contributed by atoms with Crippen molar-refractivity contribution in [1.29, 1.82) is 0 Å². The molecule has 1 rings (SSSR count). The number of anilines is 1. The lowest BCUT2D eigenvalue weighted by atomic mass is 10.2. The summed E-state index contributed by atoms with van der Waals surface area (Å²) < 4.78 is 0. The molecule has 0 aliphatic rings. The van der Waals surface area contributed by atoms with Crippen molar-refractivity contribution in [3.05, 3.63) is 29.8 Å². The summed E-state index contributed by atoms with van der Waals surface area (Å²) in [6.07, 6.45) is 0.357. The zero-order valence-electron chi connectivity index (χ0n) is 9.51. The Balaban J connectivity index is 0.000000921. The maximum absolute atomic E-state index is 11.1. The van der Waals surface area contributed by atoms with Crippen LogP contribution in [0.15, 0.2) is 24.3 Å². The van der Waals surface area contributed by atoms with E-state index < -0.39 is 0 Å². The average molecular weight is 228 g/mol. The Morgan fingerprint density at radius 1 is 1.27 bits per heavy atom.